The van der Waals surface area contributed by atoms with Gasteiger partial charge >= 0.3 is 11.9 Å². The van der Waals surface area contributed by atoms with Crippen LogP contribution in [0.1, 0.15) is 31.1 Å². The van der Waals surface area contributed by atoms with Gasteiger partial charge in [0, 0.05) is 24.4 Å². The van der Waals surface area contributed by atoms with Crippen molar-refractivity contribution in [3.05, 3.63) is 30.0 Å². The van der Waals surface area contributed by atoms with Gasteiger partial charge in [0.2, 0.25) is 5.91 Å². The number of benzene rings is 1. The van der Waals surface area contributed by atoms with Crippen LogP contribution in [-0.2, 0) is 25.5 Å². The fraction of sp³-hybridized carbons (Fsp3) is 0.476. The van der Waals surface area contributed by atoms with Crippen LogP contribution in [0.15, 0.2) is 24.4 Å². The average Bonchev–Trinajstić information content (AvgIpc) is 3.09. The number of ether oxygens (including phenoxy) is 2. The molecule has 1 aromatic heterocycles. The zero-order valence-corrected chi connectivity index (χ0v) is 17.4. The van der Waals surface area contributed by atoms with Crippen molar-refractivity contribution in [2.24, 2.45) is 0 Å². The molecule has 0 aliphatic carbocycles. The first-order valence-corrected chi connectivity index (χ1v) is 10.1. The van der Waals surface area contributed by atoms with E-state index >= 15 is 0 Å². The van der Waals surface area contributed by atoms with Crippen molar-refractivity contribution < 1.29 is 44.3 Å². The number of aromatic nitrogens is 1. The Hall–Kier alpha value is -3.15. The van der Waals surface area contributed by atoms with E-state index in [2.05, 4.69) is 5.32 Å². The highest BCUT2D eigenvalue weighted by atomic mass is 16.5. The third-order valence-corrected chi connectivity index (χ3v) is 5.36. The number of aliphatic hydroxyl groups excluding tert-OH is 2. The zero-order chi connectivity index (χ0) is 23.4. The number of carbonyl (C=O) groups is 3. The molecule has 1 fully saturated rings. The van der Waals surface area contributed by atoms with Gasteiger partial charge in [-0.3, -0.25) is 9.59 Å². The predicted octanol–water partition coefficient (Wildman–Crippen LogP) is 0.267. The summed E-state index contributed by atoms with van der Waals surface area (Å²) >= 11 is 0. The average molecular weight is 450 g/mol. The number of aliphatic hydroxyl groups is 2. The fourth-order valence-electron chi connectivity index (χ4n) is 3.87. The molecule has 1 aliphatic rings. The van der Waals surface area contributed by atoms with Gasteiger partial charge in [-0.1, -0.05) is 0 Å². The number of carboxylic acids is 2. The van der Waals surface area contributed by atoms with Gasteiger partial charge in [0.05, 0.1) is 44.3 Å². The second-order valence-electron chi connectivity index (χ2n) is 7.70. The summed E-state index contributed by atoms with van der Waals surface area (Å²) in [7, 11) is 1.50. The van der Waals surface area contributed by atoms with E-state index in [1.54, 1.807) is 29.0 Å². The van der Waals surface area contributed by atoms with Crippen molar-refractivity contribution in [3.63, 3.8) is 0 Å². The molecule has 32 heavy (non-hydrogen) atoms. The van der Waals surface area contributed by atoms with Crippen molar-refractivity contribution in [1.82, 2.24) is 9.88 Å². The van der Waals surface area contributed by atoms with Crippen molar-refractivity contribution in [2.45, 2.75) is 50.2 Å². The number of hydrogen-bond donors (Lipinski definition) is 5. The summed E-state index contributed by atoms with van der Waals surface area (Å²) in [6.45, 7) is -0.240. The molecule has 0 saturated carbocycles. The van der Waals surface area contributed by atoms with Crippen LogP contribution >= 0.6 is 0 Å². The Balaban J connectivity index is 1.91. The van der Waals surface area contributed by atoms with E-state index in [0.717, 1.165) is 0 Å². The first kappa shape index (κ1) is 23.5. The van der Waals surface area contributed by atoms with Crippen LogP contribution in [0.25, 0.3) is 10.9 Å². The third kappa shape index (κ3) is 5.36. The largest absolute Gasteiger partial charge is 0.497 e. The van der Waals surface area contributed by atoms with Crippen LogP contribution in [0.5, 0.6) is 5.75 Å². The van der Waals surface area contributed by atoms with Gasteiger partial charge in [0.25, 0.3) is 0 Å². The van der Waals surface area contributed by atoms with Gasteiger partial charge < -0.3 is 39.8 Å². The fourth-order valence-corrected chi connectivity index (χ4v) is 3.87. The van der Waals surface area contributed by atoms with E-state index in [1.165, 1.54) is 7.11 Å². The first-order chi connectivity index (χ1) is 15.2. The lowest BCUT2D eigenvalue weighted by Crippen LogP contribution is -2.42. The number of nitrogens with zero attached hydrogens (tertiary/aromatic N) is 1. The maximum absolute atomic E-state index is 12.5. The molecule has 11 nitrogen and oxygen atoms in total. The molecule has 0 radical (unpaired) electrons. The van der Waals surface area contributed by atoms with Gasteiger partial charge in [0.1, 0.15) is 18.0 Å². The highest BCUT2D eigenvalue weighted by Crippen LogP contribution is 2.34. The molecule has 5 N–H and O–H groups in total. The highest BCUT2D eigenvalue weighted by molar-refractivity contribution is 5.92. The first-order valence-electron chi connectivity index (χ1n) is 10.1. The van der Waals surface area contributed by atoms with Crippen molar-refractivity contribution in [1.29, 1.82) is 0 Å². The lowest BCUT2D eigenvalue weighted by molar-refractivity contribution is -0.147. The Morgan fingerprint density at radius 2 is 2.03 bits per heavy atom. The zero-order valence-electron chi connectivity index (χ0n) is 17.4. The molecule has 11 heteroatoms. The third-order valence-electron chi connectivity index (χ3n) is 5.36. The maximum atomic E-state index is 12.5. The van der Waals surface area contributed by atoms with Crippen LogP contribution in [0.4, 0.5) is 0 Å². The molecule has 174 valence electrons. The minimum Gasteiger partial charge on any atom is -0.497 e. The van der Waals surface area contributed by atoms with E-state index in [4.69, 9.17) is 19.7 Å². The van der Waals surface area contributed by atoms with Crippen LogP contribution in [0.3, 0.4) is 0 Å². The molecule has 1 amide bonds. The van der Waals surface area contributed by atoms with Gasteiger partial charge in [-0.05, 0) is 23.8 Å². The quantitative estimate of drug-likeness (QED) is 0.360. The molecule has 1 saturated heterocycles. The normalized spacial score (nSPS) is 21.8. The Morgan fingerprint density at radius 3 is 2.66 bits per heavy atom. The molecule has 4 atom stereocenters. The lowest BCUT2D eigenvalue weighted by atomic mass is 10.0. The lowest BCUT2D eigenvalue weighted by Gasteiger charge is -2.33. The molecule has 1 aliphatic heterocycles. The number of carboxylic acid groups (broad SMARTS) is 2. The van der Waals surface area contributed by atoms with Crippen molar-refractivity contribution in [3.8, 4) is 5.75 Å². The van der Waals surface area contributed by atoms with Gasteiger partial charge in [0.15, 0.2) is 0 Å². The molecule has 1 aromatic carbocycles. The van der Waals surface area contributed by atoms with Gasteiger partial charge in [-0.25, -0.2) is 4.79 Å². The smallest absolute Gasteiger partial charge is 0.326 e. The molecule has 2 heterocycles. The predicted molar refractivity (Wildman–Crippen MR) is 110 cm³/mol. The second kappa shape index (κ2) is 9.98. The van der Waals surface area contributed by atoms with Crippen LogP contribution in [-0.4, -0.2) is 74.8 Å². The van der Waals surface area contributed by atoms with Crippen molar-refractivity contribution in [2.75, 3.05) is 13.7 Å². The van der Waals surface area contributed by atoms with Crippen LogP contribution in [0, 0.1) is 0 Å². The summed E-state index contributed by atoms with van der Waals surface area (Å²) < 4.78 is 12.9. The van der Waals surface area contributed by atoms with Gasteiger partial charge in [-0.15, -0.1) is 0 Å². The number of fused-ring (bicyclic) bond motifs is 1. The van der Waals surface area contributed by atoms with E-state index in [-0.39, 0.29) is 19.4 Å². The summed E-state index contributed by atoms with van der Waals surface area (Å²) in [6.07, 6.45) is -0.450. The molecule has 4 unspecified atom stereocenters. The number of amides is 1. The Labute approximate surface area is 183 Å². The summed E-state index contributed by atoms with van der Waals surface area (Å²) in [5.41, 5.74) is 1.24. The standard InChI is InChI=1S/C21H26N2O9/c1-31-13-2-3-17-15(7-13)11(4-18(26)22-16(21(29)30)8-20(27)28)9-23(17)19-6-12(25)5-14(10-24)32-19/h2-3,7,9,12,14,16,19,24-25H,4-6,8,10H2,1H3,(H,22,26)(H,27,28)(H,29,30). The minimum atomic E-state index is -1.55. The monoisotopic (exact) mass is 450 g/mol. The van der Waals surface area contributed by atoms with Gasteiger partial charge in [-0.2, -0.15) is 0 Å². The maximum Gasteiger partial charge on any atom is 0.326 e. The number of nitrogens with one attached hydrogen (secondary N) is 1. The molecular weight excluding hydrogens is 424 g/mol. The summed E-state index contributed by atoms with van der Waals surface area (Å²) in [4.78, 5) is 34.7. The van der Waals surface area contributed by atoms with E-state index in [0.29, 0.717) is 28.6 Å². The second-order valence-corrected chi connectivity index (χ2v) is 7.70. The van der Waals surface area contributed by atoms with Crippen molar-refractivity contribution >= 4 is 28.7 Å². The molecule has 3 rings (SSSR count). The minimum absolute atomic E-state index is 0.210. The Bertz CT molecular complexity index is 1000. The molecular formula is C21H26N2O9. The molecule has 2 aromatic rings. The van der Waals surface area contributed by atoms with E-state index in [1.807, 2.05) is 0 Å². The summed E-state index contributed by atoms with van der Waals surface area (Å²) in [5, 5.41) is 40.6. The highest BCUT2D eigenvalue weighted by Gasteiger charge is 2.31. The number of aliphatic carboxylic acids is 2. The number of methoxy groups -OCH3 is 1. The summed E-state index contributed by atoms with van der Waals surface area (Å²) in [5.74, 6) is -2.89. The van der Waals surface area contributed by atoms with E-state index in [9.17, 15) is 24.6 Å². The SMILES string of the molecule is COc1ccc2c(c1)c(CC(=O)NC(CC(=O)O)C(=O)O)cn2C1CC(O)CC(CO)O1. The number of hydrogen-bond acceptors (Lipinski definition) is 7. The Morgan fingerprint density at radius 1 is 1.28 bits per heavy atom. The summed E-state index contributed by atoms with van der Waals surface area (Å²) in [6, 6.07) is 3.69. The molecule has 0 spiro atoms. The Kier molecular flexibility index (Phi) is 7.33. The van der Waals surface area contributed by atoms with E-state index < -0.39 is 48.7 Å². The van der Waals surface area contributed by atoms with Crippen LogP contribution in [0.2, 0.25) is 0 Å². The number of carbonyl (C=O) groups excluding carboxylic acids is 1. The molecule has 0 bridgehead atoms. The number of rotatable bonds is 9. The topological polar surface area (TPSA) is 168 Å². The van der Waals surface area contributed by atoms with Crippen LogP contribution < -0.4 is 10.1 Å².